The van der Waals surface area contributed by atoms with E-state index in [0.29, 0.717) is 5.92 Å². The molecule has 1 aromatic carbocycles. The summed E-state index contributed by atoms with van der Waals surface area (Å²) in [6.07, 6.45) is 1.02. The maximum absolute atomic E-state index is 8.90. The predicted octanol–water partition coefficient (Wildman–Crippen LogP) is 3.01. The van der Waals surface area contributed by atoms with E-state index < -0.39 is 0 Å². The smallest absolute Gasteiger partial charge is 0.0693 e. The van der Waals surface area contributed by atoms with Crippen molar-refractivity contribution >= 4 is 0 Å². The van der Waals surface area contributed by atoms with Crippen LogP contribution in [0.2, 0.25) is 0 Å². The van der Waals surface area contributed by atoms with Gasteiger partial charge >= 0.3 is 0 Å². The zero-order valence-electron chi connectivity index (χ0n) is 8.04. The molecule has 2 atom stereocenters. The van der Waals surface area contributed by atoms with Crippen LogP contribution in [0, 0.1) is 23.7 Å². The van der Waals surface area contributed by atoms with Gasteiger partial charge in [-0.05, 0) is 25.8 Å². The lowest BCUT2D eigenvalue weighted by Crippen LogP contribution is -1.92. The zero-order chi connectivity index (χ0) is 9.47. The van der Waals surface area contributed by atoms with Crippen molar-refractivity contribution in [3.8, 4) is 6.07 Å². The molecule has 0 bridgehead atoms. The van der Waals surface area contributed by atoms with E-state index in [9.17, 15) is 0 Å². The maximum atomic E-state index is 8.90. The molecule has 1 saturated carbocycles. The van der Waals surface area contributed by atoms with Crippen molar-refractivity contribution in [2.24, 2.45) is 5.41 Å². The molecule has 66 valence electrons. The number of rotatable bonds is 1. The highest BCUT2D eigenvalue weighted by Gasteiger charge is 2.51. The van der Waals surface area contributed by atoms with Crippen molar-refractivity contribution in [1.82, 2.24) is 0 Å². The highest BCUT2D eigenvalue weighted by Crippen LogP contribution is 2.58. The molecule has 1 heteroatoms. The summed E-state index contributed by atoms with van der Waals surface area (Å²) in [4.78, 5) is 0. The van der Waals surface area contributed by atoms with Crippen LogP contribution in [0.15, 0.2) is 24.3 Å². The lowest BCUT2D eigenvalue weighted by atomic mass is 10.0. The SMILES string of the molecule is Cc1ccc(C2CC2(C)C#N)cc1. The lowest BCUT2D eigenvalue weighted by Gasteiger charge is -2.01. The van der Waals surface area contributed by atoms with Gasteiger partial charge in [-0.15, -0.1) is 0 Å². The van der Waals surface area contributed by atoms with E-state index in [0.717, 1.165) is 6.42 Å². The minimum atomic E-state index is -0.0880. The van der Waals surface area contributed by atoms with Crippen LogP contribution < -0.4 is 0 Å². The van der Waals surface area contributed by atoms with E-state index in [1.807, 2.05) is 6.92 Å². The first-order chi connectivity index (χ1) is 6.15. The van der Waals surface area contributed by atoms with E-state index in [-0.39, 0.29) is 5.41 Å². The fraction of sp³-hybridized carbons (Fsp3) is 0.417. The largest absolute Gasteiger partial charge is 0.198 e. The molecule has 0 saturated heterocycles. The third-order valence-electron chi connectivity index (χ3n) is 2.97. The molecular formula is C12H13N. The molecule has 1 fully saturated rings. The van der Waals surface area contributed by atoms with Crippen molar-refractivity contribution in [3.05, 3.63) is 35.4 Å². The Bertz CT molecular complexity index is 358. The molecule has 13 heavy (non-hydrogen) atoms. The molecule has 0 aromatic heterocycles. The second-order valence-electron chi connectivity index (χ2n) is 4.20. The van der Waals surface area contributed by atoms with Crippen molar-refractivity contribution in [2.75, 3.05) is 0 Å². The Morgan fingerprint density at radius 3 is 2.46 bits per heavy atom. The van der Waals surface area contributed by atoms with Crippen LogP contribution in [0.5, 0.6) is 0 Å². The summed E-state index contributed by atoms with van der Waals surface area (Å²) < 4.78 is 0. The zero-order valence-corrected chi connectivity index (χ0v) is 8.04. The summed E-state index contributed by atoms with van der Waals surface area (Å²) in [5.74, 6) is 0.470. The summed E-state index contributed by atoms with van der Waals surface area (Å²) in [6.45, 7) is 4.12. The fourth-order valence-electron chi connectivity index (χ4n) is 1.77. The van der Waals surface area contributed by atoms with Gasteiger partial charge in [0.1, 0.15) is 0 Å². The number of hydrogen-bond donors (Lipinski definition) is 0. The van der Waals surface area contributed by atoms with Gasteiger partial charge in [0, 0.05) is 5.92 Å². The first-order valence-corrected chi connectivity index (χ1v) is 4.63. The van der Waals surface area contributed by atoms with Crippen LogP contribution in [0.1, 0.15) is 30.4 Å². The Morgan fingerprint density at radius 2 is 2.00 bits per heavy atom. The van der Waals surface area contributed by atoms with Crippen molar-refractivity contribution in [3.63, 3.8) is 0 Å². The molecule has 0 heterocycles. The summed E-state index contributed by atoms with van der Waals surface area (Å²) >= 11 is 0. The summed E-state index contributed by atoms with van der Waals surface area (Å²) in [6, 6.07) is 10.9. The fourth-order valence-corrected chi connectivity index (χ4v) is 1.77. The Hall–Kier alpha value is -1.29. The molecule has 1 aromatic rings. The molecule has 0 N–H and O–H groups in total. The third kappa shape index (κ3) is 1.33. The number of benzene rings is 1. The Labute approximate surface area is 79.0 Å². The number of nitrogens with zero attached hydrogens (tertiary/aromatic N) is 1. The monoisotopic (exact) mass is 171 g/mol. The quantitative estimate of drug-likeness (QED) is 0.637. The van der Waals surface area contributed by atoms with E-state index in [1.165, 1.54) is 11.1 Å². The second kappa shape index (κ2) is 2.60. The van der Waals surface area contributed by atoms with Gasteiger partial charge < -0.3 is 0 Å². The van der Waals surface area contributed by atoms with Gasteiger partial charge in [-0.1, -0.05) is 29.8 Å². The lowest BCUT2D eigenvalue weighted by molar-refractivity contribution is 0.727. The van der Waals surface area contributed by atoms with Crippen molar-refractivity contribution < 1.29 is 0 Å². The first kappa shape index (κ1) is 8.31. The molecule has 1 aliphatic rings. The topological polar surface area (TPSA) is 23.8 Å². The van der Waals surface area contributed by atoms with E-state index in [4.69, 9.17) is 5.26 Å². The average molecular weight is 171 g/mol. The van der Waals surface area contributed by atoms with Crippen molar-refractivity contribution in [2.45, 2.75) is 26.2 Å². The van der Waals surface area contributed by atoms with Crippen LogP contribution >= 0.6 is 0 Å². The highest BCUT2D eigenvalue weighted by molar-refractivity contribution is 5.35. The molecule has 0 radical (unpaired) electrons. The highest BCUT2D eigenvalue weighted by atomic mass is 14.5. The normalized spacial score (nSPS) is 31.0. The standard InChI is InChI=1S/C12H13N/c1-9-3-5-10(6-4-9)11-7-12(11,2)8-13/h3-6,11H,7H2,1-2H3. The number of nitriles is 1. The molecule has 2 unspecified atom stereocenters. The molecule has 1 nitrogen and oxygen atoms in total. The average Bonchev–Trinajstić information content (AvgIpc) is 2.81. The molecule has 0 spiro atoms. The minimum absolute atomic E-state index is 0.0880. The van der Waals surface area contributed by atoms with Gasteiger partial charge in [-0.25, -0.2) is 0 Å². The van der Waals surface area contributed by atoms with E-state index in [2.05, 4.69) is 37.3 Å². The van der Waals surface area contributed by atoms with Gasteiger partial charge in [0.05, 0.1) is 11.5 Å². The molecule has 0 aliphatic heterocycles. The van der Waals surface area contributed by atoms with Crippen LogP contribution in [0.3, 0.4) is 0 Å². The summed E-state index contributed by atoms with van der Waals surface area (Å²) in [5.41, 5.74) is 2.51. The van der Waals surface area contributed by atoms with E-state index >= 15 is 0 Å². The minimum Gasteiger partial charge on any atom is -0.198 e. The van der Waals surface area contributed by atoms with Gasteiger partial charge in [0.25, 0.3) is 0 Å². The second-order valence-corrected chi connectivity index (χ2v) is 4.20. The van der Waals surface area contributed by atoms with Gasteiger partial charge in [0.15, 0.2) is 0 Å². The Balaban J connectivity index is 2.22. The van der Waals surface area contributed by atoms with Crippen LogP contribution in [-0.2, 0) is 0 Å². The Kier molecular flexibility index (Phi) is 1.66. The maximum Gasteiger partial charge on any atom is 0.0693 e. The number of hydrogen-bond acceptors (Lipinski definition) is 1. The predicted molar refractivity (Wildman–Crippen MR) is 52.3 cm³/mol. The molecule has 2 rings (SSSR count). The van der Waals surface area contributed by atoms with Crippen LogP contribution in [-0.4, -0.2) is 0 Å². The third-order valence-corrected chi connectivity index (χ3v) is 2.97. The van der Waals surface area contributed by atoms with Crippen molar-refractivity contribution in [1.29, 1.82) is 5.26 Å². The summed E-state index contributed by atoms with van der Waals surface area (Å²) in [5, 5.41) is 8.90. The van der Waals surface area contributed by atoms with Gasteiger partial charge in [-0.3, -0.25) is 0 Å². The van der Waals surface area contributed by atoms with Crippen LogP contribution in [0.4, 0.5) is 0 Å². The summed E-state index contributed by atoms with van der Waals surface area (Å²) in [7, 11) is 0. The number of aryl methyl sites for hydroxylation is 1. The Morgan fingerprint density at radius 1 is 1.38 bits per heavy atom. The molecule has 0 amide bonds. The van der Waals surface area contributed by atoms with Crippen LogP contribution in [0.25, 0.3) is 0 Å². The first-order valence-electron chi connectivity index (χ1n) is 4.63. The van der Waals surface area contributed by atoms with E-state index in [1.54, 1.807) is 0 Å². The van der Waals surface area contributed by atoms with Gasteiger partial charge in [0.2, 0.25) is 0 Å². The van der Waals surface area contributed by atoms with Gasteiger partial charge in [-0.2, -0.15) is 5.26 Å². The molecular weight excluding hydrogens is 158 g/mol. The molecule has 1 aliphatic carbocycles.